The van der Waals surface area contributed by atoms with Crippen molar-refractivity contribution in [2.45, 2.75) is 32.7 Å². The van der Waals surface area contributed by atoms with Crippen LogP contribution in [0, 0.1) is 12.8 Å². The summed E-state index contributed by atoms with van der Waals surface area (Å²) in [6.45, 7) is 8.30. The highest BCUT2D eigenvalue weighted by Gasteiger charge is 2.22. The van der Waals surface area contributed by atoms with Crippen LogP contribution in [0.2, 0.25) is 0 Å². The molecule has 112 valence electrons. The predicted molar refractivity (Wildman–Crippen MR) is 90.7 cm³/mol. The van der Waals surface area contributed by atoms with Crippen molar-refractivity contribution in [3.63, 3.8) is 0 Å². The van der Waals surface area contributed by atoms with E-state index in [1.807, 2.05) is 0 Å². The second kappa shape index (κ2) is 7.26. The van der Waals surface area contributed by atoms with Gasteiger partial charge in [-0.1, -0.05) is 15.9 Å². The van der Waals surface area contributed by atoms with Crippen molar-refractivity contribution in [1.29, 1.82) is 0 Å². The fourth-order valence-corrected chi connectivity index (χ4v) is 4.09. The summed E-state index contributed by atoms with van der Waals surface area (Å²) in [5.74, 6) is 0.853. The molecule has 0 saturated carbocycles. The molecule has 1 atom stereocenters. The molecule has 2 aliphatic rings. The van der Waals surface area contributed by atoms with Crippen molar-refractivity contribution in [2.24, 2.45) is 5.92 Å². The first kappa shape index (κ1) is 16.3. The summed E-state index contributed by atoms with van der Waals surface area (Å²) in [4.78, 5) is 2.65. The molecule has 2 aliphatic heterocycles. The third-order valence-electron chi connectivity index (χ3n) is 4.52. The first-order valence-corrected chi connectivity index (χ1v) is 8.22. The molecular formula is C16H24BrClN2. The molecule has 20 heavy (non-hydrogen) atoms. The number of aryl methyl sites for hydroxylation is 1. The summed E-state index contributed by atoms with van der Waals surface area (Å²) in [7, 11) is 0. The van der Waals surface area contributed by atoms with Gasteiger partial charge in [-0.3, -0.25) is 4.90 Å². The largest absolute Gasteiger partial charge is 0.316 e. The van der Waals surface area contributed by atoms with Gasteiger partial charge in [0.2, 0.25) is 0 Å². The van der Waals surface area contributed by atoms with Crippen molar-refractivity contribution in [1.82, 2.24) is 10.2 Å². The average Bonchev–Trinajstić information content (AvgIpc) is 2.40. The van der Waals surface area contributed by atoms with E-state index in [2.05, 4.69) is 45.2 Å². The molecule has 0 radical (unpaired) electrons. The molecule has 1 N–H and O–H groups in total. The molecule has 2 nitrogen and oxygen atoms in total. The Morgan fingerprint density at radius 1 is 1.40 bits per heavy atom. The van der Waals surface area contributed by atoms with E-state index in [9.17, 15) is 0 Å². The number of nitrogens with one attached hydrogen (secondary N) is 1. The third-order valence-corrected chi connectivity index (χ3v) is 4.98. The molecule has 1 unspecified atom stereocenters. The summed E-state index contributed by atoms with van der Waals surface area (Å²) < 4.78 is 1.23. The van der Waals surface area contributed by atoms with Gasteiger partial charge < -0.3 is 5.32 Å². The number of halogens is 2. The molecule has 0 spiro atoms. The van der Waals surface area contributed by atoms with E-state index in [1.165, 1.54) is 55.5 Å². The maximum Gasteiger partial charge on any atom is 0.0239 e. The summed E-state index contributed by atoms with van der Waals surface area (Å²) in [6.07, 6.45) is 3.95. The Balaban J connectivity index is 0.00000147. The lowest BCUT2D eigenvalue weighted by molar-refractivity contribution is 0.193. The van der Waals surface area contributed by atoms with Gasteiger partial charge in [0, 0.05) is 24.1 Å². The molecule has 2 heterocycles. The van der Waals surface area contributed by atoms with Crippen LogP contribution in [0.5, 0.6) is 0 Å². The number of fused-ring (bicyclic) bond motifs is 1. The molecule has 4 heteroatoms. The molecular weight excluding hydrogens is 336 g/mol. The number of hydrogen-bond acceptors (Lipinski definition) is 2. The lowest BCUT2D eigenvalue weighted by Crippen LogP contribution is -2.40. The van der Waals surface area contributed by atoms with E-state index in [1.54, 1.807) is 11.1 Å². The first-order valence-electron chi connectivity index (χ1n) is 7.43. The summed E-state index contributed by atoms with van der Waals surface area (Å²) in [6, 6.07) is 4.56. The molecule has 1 aromatic rings. The fourth-order valence-electron chi connectivity index (χ4n) is 3.47. The lowest BCUT2D eigenvalue weighted by atomic mass is 9.93. The highest BCUT2D eigenvalue weighted by molar-refractivity contribution is 9.10. The predicted octanol–water partition coefficient (Wildman–Crippen LogP) is 3.54. The lowest BCUT2D eigenvalue weighted by Gasteiger charge is -2.34. The Kier molecular flexibility index (Phi) is 5.91. The Hall–Kier alpha value is -0.0900. The summed E-state index contributed by atoms with van der Waals surface area (Å²) in [5, 5.41) is 3.53. The molecule has 1 saturated heterocycles. The van der Waals surface area contributed by atoms with Gasteiger partial charge in [0.15, 0.2) is 0 Å². The van der Waals surface area contributed by atoms with Gasteiger partial charge in [0.25, 0.3) is 0 Å². The van der Waals surface area contributed by atoms with Gasteiger partial charge in [0.1, 0.15) is 0 Å². The standard InChI is InChI=1S/C16H23BrN2.ClH/c1-12-7-15(17)8-14-4-6-19(11-16(12)14)10-13-3-2-5-18-9-13;/h7-8,13,18H,2-6,9-11H2,1H3;1H. The molecule has 0 aliphatic carbocycles. The maximum absolute atomic E-state index is 3.61. The Labute approximate surface area is 136 Å². The van der Waals surface area contributed by atoms with Crippen LogP contribution in [0.25, 0.3) is 0 Å². The van der Waals surface area contributed by atoms with Crippen molar-refractivity contribution in [3.05, 3.63) is 33.3 Å². The van der Waals surface area contributed by atoms with Gasteiger partial charge in [-0.25, -0.2) is 0 Å². The van der Waals surface area contributed by atoms with Crippen molar-refractivity contribution in [3.8, 4) is 0 Å². The molecule has 1 fully saturated rings. The maximum atomic E-state index is 3.61. The number of piperidine rings is 1. The van der Waals surface area contributed by atoms with Crippen LogP contribution in [0.3, 0.4) is 0 Å². The van der Waals surface area contributed by atoms with Gasteiger partial charge in [-0.15, -0.1) is 12.4 Å². The van der Waals surface area contributed by atoms with Crippen molar-refractivity contribution >= 4 is 28.3 Å². The first-order chi connectivity index (χ1) is 9.22. The second-order valence-corrected chi connectivity index (χ2v) is 6.97. The molecule has 1 aromatic carbocycles. The normalized spacial score (nSPS) is 23.0. The van der Waals surface area contributed by atoms with Crippen LogP contribution in [-0.4, -0.2) is 31.1 Å². The SMILES string of the molecule is Cc1cc(Br)cc2c1CN(CC1CCCNC1)CC2.Cl. The Morgan fingerprint density at radius 2 is 2.25 bits per heavy atom. The van der Waals surface area contributed by atoms with E-state index in [-0.39, 0.29) is 12.4 Å². The van der Waals surface area contributed by atoms with E-state index < -0.39 is 0 Å². The number of benzene rings is 1. The van der Waals surface area contributed by atoms with E-state index in [4.69, 9.17) is 0 Å². The Bertz CT molecular complexity index is 458. The van der Waals surface area contributed by atoms with Crippen LogP contribution in [0.4, 0.5) is 0 Å². The quantitative estimate of drug-likeness (QED) is 0.869. The summed E-state index contributed by atoms with van der Waals surface area (Å²) in [5.41, 5.74) is 4.55. The minimum absolute atomic E-state index is 0. The average molecular weight is 360 g/mol. The van der Waals surface area contributed by atoms with Gasteiger partial charge in [-0.05, 0) is 74.0 Å². The zero-order chi connectivity index (χ0) is 13.2. The second-order valence-electron chi connectivity index (χ2n) is 6.06. The van der Waals surface area contributed by atoms with E-state index >= 15 is 0 Å². The number of nitrogens with zero attached hydrogens (tertiary/aromatic N) is 1. The van der Waals surface area contributed by atoms with Crippen molar-refractivity contribution in [2.75, 3.05) is 26.2 Å². The fraction of sp³-hybridized carbons (Fsp3) is 0.625. The molecule has 0 amide bonds. The van der Waals surface area contributed by atoms with E-state index in [0.717, 1.165) is 12.5 Å². The molecule has 0 aromatic heterocycles. The van der Waals surface area contributed by atoms with Gasteiger partial charge in [0.05, 0.1) is 0 Å². The van der Waals surface area contributed by atoms with Crippen molar-refractivity contribution < 1.29 is 0 Å². The molecule has 3 rings (SSSR count). The smallest absolute Gasteiger partial charge is 0.0239 e. The number of hydrogen-bond donors (Lipinski definition) is 1. The Morgan fingerprint density at radius 3 is 3.00 bits per heavy atom. The monoisotopic (exact) mass is 358 g/mol. The number of rotatable bonds is 2. The van der Waals surface area contributed by atoms with Gasteiger partial charge in [-0.2, -0.15) is 0 Å². The third kappa shape index (κ3) is 3.76. The van der Waals surface area contributed by atoms with Crippen LogP contribution in [0.1, 0.15) is 29.5 Å². The van der Waals surface area contributed by atoms with Crippen LogP contribution in [0.15, 0.2) is 16.6 Å². The van der Waals surface area contributed by atoms with Crippen LogP contribution < -0.4 is 5.32 Å². The summed E-state index contributed by atoms with van der Waals surface area (Å²) >= 11 is 3.61. The van der Waals surface area contributed by atoms with Crippen LogP contribution in [-0.2, 0) is 13.0 Å². The van der Waals surface area contributed by atoms with E-state index in [0.29, 0.717) is 0 Å². The topological polar surface area (TPSA) is 15.3 Å². The minimum Gasteiger partial charge on any atom is -0.316 e. The van der Waals surface area contributed by atoms with Crippen LogP contribution >= 0.6 is 28.3 Å². The minimum atomic E-state index is 0. The van der Waals surface area contributed by atoms with Gasteiger partial charge >= 0.3 is 0 Å². The highest BCUT2D eigenvalue weighted by atomic mass is 79.9. The molecule has 0 bridgehead atoms. The highest BCUT2D eigenvalue weighted by Crippen LogP contribution is 2.27. The zero-order valence-corrected chi connectivity index (χ0v) is 14.5. The zero-order valence-electron chi connectivity index (χ0n) is 12.1.